The van der Waals surface area contributed by atoms with Crippen LogP contribution in [0, 0.1) is 6.92 Å². The molecule has 0 aromatic carbocycles. The van der Waals surface area contributed by atoms with Crippen LogP contribution in [0.2, 0.25) is 0 Å². The van der Waals surface area contributed by atoms with E-state index in [0.717, 1.165) is 13.0 Å². The smallest absolute Gasteiger partial charge is 0.131 e. The van der Waals surface area contributed by atoms with E-state index in [1.165, 1.54) is 19.3 Å². The zero-order valence-electron chi connectivity index (χ0n) is 8.43. The third-order valence-electron chi connectivity index (χ3n) is 1.67. The van der Waals surface area contributed by atoms with E-state index in [1.54, 1.807) is 0 Å². The summed E-state index contributed by atoms with van der Waals surface area (Å²) in [5.41, 5.74) is -0.455. The Kier molecular flexibility index (Phi) is 10.5. The molecule has 0 aliphatic carbocycles. The van der Waals surface area contributed by atoms with E-state index >= 15 is 0 Å². The van der Waals surface area contributed by atoms with Crippen LogP contribution in [0.4, 0.5) is 0 Å². The SMILES string of the molecule is [CH2]C(Cl)OCCOCCCCCC. The lowest BCUT2D eigenvalue weighted by atomic mass is 10.2. The standard InChI is InChI=1S/C10H20ClO2/c1-3-4-5-6-7-12-8-9-13-10(2)11/h10H,2-9H2,1H3. The molecule has 0 heterocycles. The predicted molar refractivity (Wildman–Crippen MR) is 55.9 cm³/mol. The minimum atomic E-state index is -0.455. The maximum absolute atomic E-state index is 5.47. The molecule has 0 fully saturated rings. The van der Waals surface area contributed by atoms with Crippen LogP contribution >= 0.6 is 11.6 Å². The van der Waals surface area contributed by atoms with Gasteiger partial charge in [0.15, 0.2) is 0 Å². The lowest BCUT2D eigenvalue weighted by molar-refractivity contribution is 0.0453. The number of hydrogen-bond acceptors (Lipinski definition) is 2. The van der Waals surface area contributed by atoms with Crippen molar-refractivity contribution in [3.63, 3.8) is 0 Å². The minimum absolute atomic E-state index is 0.455. The van der Waals surface area contributed by atoms with Gasteiger partial charge < -0.3 is 9.47 Å². The third kappa shape index (κ3) is 12.2. The fourth-order valence-electron chi connectivity index (χ4n) is 0.968. The molecule has 0 aromatic rings. The Labute approximate surface area is 86.6 Å². The van der Waals surface area contributed by atoms with Gasteiger partial charge in [0.1, 0.15) is 5.56 Å². The van der Waals surface area contributed by atoms with E-state index in [0.29, 0.717) is 13.2 Å². The fraction of sp³-hybridized carbons (Fsp3) is 0.900. The van der Waals surface area contributed by atoms with Crippen LogP contribution in [0.1, 0.15) is 32.6 Å². The molecule has 0 bridgehead atoms. The Morgan fingerprint density at radius 1 is 1.15 bits per heavy atom. The van der Waals surface area contributed by atoms with Crippen molar-refractivity contribution in [1.82, 2.24) is 0 Å². The van der Waals surface area contributed by atoms with Gasteiger partial charge in [0.25, 0.3) is 0 Å². The summed E-state index contributed by atoms with van der Waals surface area (Å²) in [7, 11) is 0. The first kappa shape index (κ1) is 13.2. The molecule has 2 nitrogen and oxygen atoms in total. The van der Waals surface area contributed by atoms with Crippen LogP contribution < -0.4 is 0 Å². The van der Waals surface area contributed by atoms with Gasteiger partial charge in [0.2, 0.25) is 0 Å². The summed E-state index contributed by atoms with van der Waals surface area (Å²) in [4.78, 5) is 0. The van der Waals surface area contributed by atoms with Gasteiger partial charge in [-0.25, -0.2) is 0 Å². The number of unbranched alkanes of at least 4 members (excludes halogenated alkanes) is 3. The second-order valence-electron chi connectivity index (χ2n) is 2.95. The maximum Gasteiger partial charge on any atom is 0.131 e. The Morgan fingerprint density at radius 3 is 2.54 bits per heavy atom. The molecule has 0 saturated heterocycles. The van der Waals surface area contributed by atoms with Crippen molar-refractivity contribution in [2.75, 3.05) is 19.8 Å². The lowest BCUT2D eigenvalue weighted by Gasteiger charge is -2.06. The average molecular weight is 208 g/mol. The summed E-state index contributed by atoms with van der Waals surface area (Å²) in [6, 6.07) is 0. The van der Waals surface area contributed by atoms with Crippen molar-refractivity contribution < 1.29 is 9.47 Å². The van der Waals surface area contributed by atoms with Crippen LogP contribution in [0.3, 0.4) is 0 Å². The van der Waals surface area contributed by atoms with Crippen LogP contribution in [0.25, 0.3) is 0 Å². The fourth-order valence-corrected chi connectivity index (χ4v) is 1.06. The molecule has 1 unspecified atom stereocenters. The molecule has 0 rings (SSSR count). The van der Waals surface area contributed by atoms with E-state index < -0.39 is 5.56 Å². The average Bonchev–Trinajstić information content (AvgIpc) is 2.09. The second-order valence-corrected chi connectivity index (χ2v) is 3.44. The summed E-state index contributed by atoms with van der Waals surface area (Å²) in [6.07, 6.45) is 4.95. The Morgan fingerprint density at radius 2 is 1.92 bits per heavy atom. The van der Waals surface area contributed by atoms with Crippen molar-refractivity contribution in [2.45, 2.75) is 38.2 Å². The molecule has 13 heavy (non-hydrogen) atoms. The molecular formula is C10H20ClO2. The number of rotatable bonds is 9. The van der Waals surface area contributed by atoms with Gasteiger partial charge in [-0.3, -0.25) is 0 Å². The van der Waals surface area contributed by atoms with Crippen LogP contribution in [-0.2, 0) is 9.47 Å². The molecule has 0 spiro atoms. The maximum atomic E-state index is 5.47. The van der Waals surface area contributed by atoms with Gasteiger partial charge in [-0.1, -0.05) is 37.8 Å². The summed E-state index contributed by atoms with van der Waals surface area (Å²) >= 11 is 5.47. The Balaban J connectivity index is 2.84. The van der Waals surface area contributed by atoms with Gasteiger partial charge in [0.05, 0.1) is 13.2 Å². The van der Waals surface area contributed by atoms with Crippen molar-refractivity contribution in [1.29, 1.82) is 0 Å². The highest BCUT2D eigenvalue weighted by atomic mass is 35.5. The second kappa shape index (κ2) is 10.3. The van der Waals surface area contributed by atoms with Gasteiger partial charge in [-0.15, -0.1) is 0 Å². The van der Waals surface area contributed by atoms with Crippen molar-refractivity contribution in [3.05, 3.63) is 6.92 Å². The Bertz CT molecular complexity index is 96.9. The van der Waals surface area contributed by atoms with Gasteiger partial charge in [-0.2, -0.15) is 0 Å². The van der Waals surface area contributed by atoms with Crippen LogP contribution in [0.5, 0.6) is 0 Å². The van der Waals surface area contributed by atoms with E-state index in [-0.39, 0.29) is 0 Å². The minimum Gasteiger partial charge on any atom is -0.379 e. The summed E-state index contributed by atoms with van der Waals surface area (Å²) < 4.78 is 10.3. The molecular weight excluding hydrogens is 188 g/mol. The summed E-state index contributed by atoms with van der Waals surface area (Å²) in [5.74, 6) is 0. The molecule has 1 atom stereocenters. The first-order valence-electron chi connectivity index (χ1n) is 4.94. The quantitative estimate of drug-likeness (QED) is 0.428. The van der Waals surface area contributed by atoms with Crippen LogP contribution in [-0.4, -0.2) is 25.4 Å². The van der Waals surface area contributed by atoms with E-state index in [2.05, 4.69) is 13.8 Å². The molecule has 3 heteroatoms. The largest absolute Gasteiger partial charge is 0.379 e. The lowest BCUT2D eigenvalue weighted by Crippen LogP contribution is -2.08. The van der Waals surface area contributed by atoms with Crippen molar-refractivity contribution in [3.8, 4) is 0 Å². The molecule has 1 radical (unpaired) electrons. The van der Waals surface area contributed by atoms with E-state index in [9.17, 15) is 0 Å². The highest BCUT2D eigenvalue weighted by molar-refractivity contribution is 6.20. The number of hydrogen-bond donors (Lipinski definition) is 0. The highest BCUT2D eigenvalue weighted by Gasteiger charge is 1.94. The van der Waals surface area contributed by atoms with Gasteiger partial charge in [-0.05, 0) is 13.3 Å². The number of halogens is 1. The molecule has 0 N–H and O–H groups in total. The molecule has 0 aliphatic rings. The summed E-state index contributed by atoms with van der Waals surface area (Å²) in [5, 5.41) is 0. The zero-order valence-corrected chi connectivity index (χ0v) is 9.18. The Hall–Kier alpha value is 0.210. The summed E-state index contributed by atoms with van der Waals surface area (Å²) in [6.45, 7) is 7.66. The highest BCUT2D eigenvalue weighted by Crippen LogP contribution is 1.99. The van der Waals surface area contributed by atoms with Crippen molar-refractivity contribution in [2.24, 2.45) is 0 Å². The van der Waals surface area contributed by atoms with Gasteiger partial charge in [0, 0.05) is 6.61 Å². The topological polar surface area (TPSA) is 18.5 Å². The van der Waals surface area contributed by atoms with Crippen molar-refractivity contribution >= 4 is 11.6 Å². The number of ether oxygens (including phenoxy) is 2. The van der Waals surface area contributed by atoms with E-state index in [4.69, 9.17) is 21.1 Å². The third-order valence-corrected chi connectivity index (χ3v) is 1.79. The molecule has 79 valence electrons. The van der Waals surface area contributed by atoms with E-state index in [1.807, 2.05) is 0 Å². The number of alkyl halides is 1. The molecule has 0 aromatic heterocycles. The first-order valence-corrected chi connectivity index (χ1v) is 5.37. The normalized spacial score (nSPS) is 13.2. The van der Waals surface area contributed by atoms with Gasteiger partial charge >= 0.3 is 0 Å². The predicted octanol–water partition coefficient (Wildman–Crippen LogP) is 3.00. The first-order chi connectivity index (χ1) is 6.27. The molecule has 0 saturated carbocycles. The molecule has 0 amide bonds. The molecule has 0 aliphatic heterocycles. The monoisotopic (exact) mass is 207 g/mol. The zero-order chi connectivity index (χ0) is 9.94. The van der Waals surface area contributed by atoms with Crippen LogP contribution in [0.15, 0.2) is 0 Å².